The summed E-state index contributed by atoms with van der Waals surface area (Å²) in [4.78, 5) is 0. The largest absolute Gasteiger partial charge is 0.435 e. The van der Waals surface area contributed by atoms with Gasteiger partial charge in [-0.2, -0.15) is 18.3 Å². The number of aromatic nitrogens is 2. The van der Waals surface area contributed by atoms with Gasteiger partial charge in [-0.15, -0.1) is 0 Å². The van der Waals surface area contributed by atoms with Gasteiger partial charge in [0.15, 0.2) is 5.69 Å². The molecule has 1 aromatic heterocycles. The Morgan fingerprint density at radius 1 is 1.33 bits per heavy atom. The lowest BCUT2D eigenvalue weighted by Gasteiger charge is -2.05. The predicted octanol–water partition coefficient (Wildman–Crippen LogP) is 1.92. The SMILES string of the molecule is COCCNCCCCn1ccc(C(F)(F)F)n1. The van der Waals surface area contributed by atoms with Gasteiger partial charge in [0.25, 0.3) is 0 Å². The van der Waals surface area contributed by atoms with Gasteiger partial charge < -0.3 is 10.1 Å². The Morgan fingerprint density at radius 2 is 2.11 bits per heavy atom. The summed E-state index contributed by atoms with van der Waals surface area (Å²) in [5.74, 6) is 0. The van der Waals surface area contributed by atoms with Crippen LogP contribution in [0.15, 0.2) is 12.3 Å². The second-order valence-electron chi connectivity index (χ2n) is 3.91. The van der Waals surface area contributed by atoms with Gasteiger partial charge in [0.2, 0.25) is 0 Å². The van der Waals surface area contributed by atoms with E-state index in [1.54, 1.807) is 7.11 Å². The van der Waals surface area contributed by atoms with Crippen molar-refractivity contribution >= 4 is 0 Å². The highest BCUT2D eigenvalue weighted by molar-refractivity contribution is 5.03. The highest BCUT2D eigenvalue weighted by atomic mass is 19.4. The molecule has 0 aliphatic heterocycles. The molecule has 0 saturated carbocycles. The Morgan fingerprint density at radius 3 is 2.72 bits per heavy atom. The summed E-state index contributed by atoms with van der Waals surface area (Å²) in [6.45, 7) is 2.78. The van der Waals surface area contributed by atoms with Gasteiger partial charge in [0, 0.05) is 26.4 Å². The van der Waals surface area contributed by atoms with E-state index in [9.17, 15) is 13.2 Å². The van der Waals surface area contributed by atoms with E-state index in [2.05, 4.69) is 10.4 Å². The number of nitrogens with zero attached hydrogens (tertiary/aromatic N) is 2. The van der Waals surface area contributed by atoms with E-state index in [-0.39, 0.29) is 0 Å². The summed E-state index contributed by atoms with van der Waals surface area (Å²) in [5.41, 5.74) is -0.833. The minimum absolute atomic E-state index is 0.502. The maximum atomic E-state index is 12.3. The molecule has 104 valence electrons. The summed E-state index contributed by atoms with van der Waals surface area (Å²) < 4.78 is 43.0. The average molecular weight is 265 g/mol. The second-order valence-corrected chi connectivity index (χ2v) is 3.91. The van der Waals surface area contributed by atoms with Crippen LogP contribution in [0.4, 0.5) is 13.2 Å². The van der Waals surface area contributed by atoms with E-state index in [0.717, 1.165) is 32.0 Å². The molecule has 0 aliphatic carbocycles. The molecule has 4 nitrogen and oxygen atoms in total. The molecule has 0 unspecified atom stereocenters. The summed E-state index contributed by atoms with van der Waals surface area (Å²) in [6, 6.07) is 0.997. The third kappa shape index (κ3) is 5.50. The molecular formula is C11H18F3N3O. The maximum Gasteiger partial charge on any atom is 0.435 e. The number of hydrogen-bond acceptors (Lipinski definition) is 3. The van der Waals surface area contributed by atoms with E-state index < -0.39 is 11.9 Å². The summed E-state index contributed by atoms with van der Waals surface area (Å²) in [7, 11) is 1.64. The average Bonchev–Trinajstić information content (AvgIpc) is 2.76. The zero-order chi connectivity index (χ0) is 13.4. The van der Waals surface area contributed by atoms with Crippen LogP contribution in [0.2, 0.25) is 0 Å². The van der Waals surface area contributed by atoms with Gasteiger partial charge >= 0.3 is 6.18 Å². The van der Waals surface area contributed by atoms with Crippen molar-refractivity contribution in [3.63, 3.8) is 0 Å². The van der Waals surface area contributed by atoms with Gasteiger partial charge in [0.05, 0.1) is 6.61 Å². The molecule has 0 fully saturated rings. The molecule has 0 saturated heterocycles. The molecule has 1 aromatic rings. The predicted molar refractivity (Wildman–Crippen MR) is 61.2 cm³/mol. The fourth-order valence-corrected chi connectivity index (χ4v) is 1.46. The Labute approximate surface area is 104 Å². The highest BCUT2D eigenvalue weighted by Crippen LogP contribution is 2.27. The van der Waals surface area contributed by atoms with Gasteiger partial charge in [-0.1, -0.05) is 0 Å². The molecule has 1 N–H and O–H groups in total. The van der Waals surface area contributed by atoms with Gasteiger partial charge in [-0.05, 0) is 25.5 Å². The lowest BCUT2D eigenvalue weighted by Crippen LogP contribution is -2.20. The van der Waals surface area contributed by atoms with Crippen molar-refractivity contribution in [2.24, 2.45) is 0 Å². The number of aryl methyl sites for hydroxylation is 1. The number of hydrogen-bond donors (Lipinski definition) is 1. The molecule has 0 atom stereocenters. The van der Waals surface area contributed by atoms with Crippen LogP contribution in [-0.2, 0) is 17.5 Å². The second kappa shape index (κ2) is 7.38. The Hall–Kier alpha value is -1.08. The summed E-state index contributed by atoms with van der Waals surface area (Å²) in [6.07, 6.45) is -1.31. The van der Waals surface area contributed by atoms with Crippen LogP contribution < -0.4 is 5.32 Å². The molecule has 7 heteroatoms. The van der Waals surface area contributed by atoms with Crippen molar-refractivity contribution in [3.8, 4) is 0 Å². The number of nitrogens with one attached hydrogen (secondary N) is 1. The molecule has 0 bridgehead atoms. The molecule has 0 aliphatic rings. The lowest BCUT2D eigenvalue weighted by molar-refractivity contribution is -0.141. The van der Waals surface area contributed by atoms with Gasteiger partial charge in [-0.25, -0.2) is 0 Å². The van der Waals surface area contributed by atoms with Gasteiger partial charge in [-0.3, -0.25) is 4.68 Å². The van der Waals surface area contributed by atoms with Crippen molar-refractivity contribution in [1.82, 2.24) is 15.1 Å². The molecule has 0 aromatic carbocycles. The summed E-state index contributed by atoms with van der Waals surface area (Å²) in [5, 5.41) is 6.65. The van der Waals surface area contributed by atoms with E-state index in [4.69, 9.17) is 4.74 Å². The first-order chi connectivity index (χ1) is 8.54. The van der Waals surface area contributed by atoms with E-state index in [1.165, 1.54) is 10.9 Å². The minimum Gasteiger partial charge on any atom is -0.383 e. The Bertz CT molecular complexity index is 339. The number of methoxy groups -OCH3 is 1. The number of alkyl halides is 3. The van der Waals surface area contributed by atoms with E-state index >= 15 is 0 Å². The lowest BCUT2D eigenvalue weighted by atomic mass is 10.3. The molecule has 1 rings (SSSR count). The normalized spacial score (nSPS) is 12.0. The smallest absolute Gasteiger partial charge is 0.383 e. The van der Waals surface area contributed by atoms with E-state index in [0.29, 0.717) is 13.2 Å². The Balaban J connectivity index is 2.14. The van der Waals surface area contributed by atoms with Crippen LogP contribution in [-0.4, -0.2) is 36.6 Å². The molecular weight excluding hydrogens is 247 g/mol. The number of unbranched alkanes of at least 4 members (excludes halogenated alkanes) is 1. The first-order valence-electron chi connectivity index (χ1n) is 5.84. The fourth-order valence-electron chi connectivity index (χ4n) is 1.46. The fraction of sp³-hybridized carbons (Fsp3) is 0.727. The van der Waals surface area contributed by atoms with Crippen LogP contribution in [0.25, 0.3) is 0 Å². The molecule has 0 spiro atoms. The topological polar surface area (TPSA) is 39.1 Å². The van der Waals surface area contributed by atoms with Crippen LogP contribution in [0.1, 0.15) is 18.5 Å². The van der Waals surface area contributed by atoms with Crippen LogP contribution in [0, 0.1) is 0 Å². The molecule has 0 amide bonds. The third-order valence-electron chi connectivity index (χ3n) is 2.40. The van der Waals surface area contributed by atoms with Crippen molar-refractivity contribution in [2.45, 2.75) is 25.6 Å². The standard InChI is InChI=1S/C11H18F3N3O/c1-18-9-6-15-5-2-3-7-17-8-4-10(16-17)11(12,13)14/h4,8,15H,2-3,5-7,9H2,1H3. The van der Waals surface area contributed by atoms with Crippen LogP contribution in [0.3, 0.4) is 0 Å². The highest BCUT2D eigenvalue weighted by Gasteiger charge is 2.33. The van der Waals surface area contributed by atoms with Crippen LogP contribution in [0.5, 0.6) is 0 Å². The zero-order valence-electron chi connectivity index (χ0n) is 10.3. The van der Waals surface area contributed by atoms with E-state index in [1.807, 2.05) is 0 Å². The first-order valence-corrected chi connectivity index (χ1v) is 5.84. The molecule has 18 heavy (non-hydrogen) atoms. The zero-order valence-corrected chi connectivity index (χ0v) is 10.3. The molecule has 0 radical (unpaired) electrons. The monoisotopic (exact) mass is 265 g/mol. The van der Waals surface area contributed by atoms with Crippen molar-refractivity contribution in [1.29, 1.82) is 0 Å². The van der Waals surface area contributed by atoms with Crippen LogP contribution >= 0.6 is 0 Å². The number of ether oxygens (including phenoxy) is 1. The number of halogens is 3. The van der Waals surface area contributed by atoms with Crippen molar-refractivity contribution in [2.75, 3.05) is 26.8 Å². The number of rotatable bonds is 8. The summed E-state index contributed by atoms with van der Waals surface area (Å²) >= 11 is 0. The van der Waals surface area contributed by atoms with Gasteiger partial charge in [0.1, 0.15) is 0 Å². The van der Waals surface area contributed by atoms with Crippen molar-refractivity contribution < 1.29 is 17.9 Å². The minimum atomic E-state index is -4.35. The Kier molecular flexibility index (Phi) is 6.14. The molecule has 1 heterocycles. The van der Waals surface area contributed by atoms with Crippen molar-refractivity contribution in [3.05, 3.63) is 18.0 Å². The third-order valence-corrected chi connectivity index (χ3v) is 2.40. The maximum absolute atomic E-state index is 12.3. The quantitative estimate of drug-likeness (QED) is 0.730. The first kappa shape index (κ1) is 15.0.